The van der Waals surface area contributed by atoms with Crippen LogP contribution in [0.3, 0.4) is 0 Å². The Bertz CT molecular complexity index is 676. The number of benzene rings is 1. The van der Waals surface area contributed by atoms with Gasteiger partial charge in [-0.2, -0.15) is 17.0 Å². The third kappa shape index (κ3) is 5.74. The normalized spacial score (nSPS) is 12.2. The molecule has 1 heterocycles. The van der Waals surface area contributed by atoms with E-state index in [1.54, 1.807) is 11.8 Å². The lowest BCUT2D eigenvalue weighted by atomic mass is 9.98. The van der Waals surface area contributed by atoms with Crippen molar-refractivity contribution >= 4 is 17.7 Å². The summed E-state index contributed by atoms with van der Waals surface area (Å²) >= 11 is 1.70. The highest BCUT2D eigenvalue weighted by Gasteiger charge is 2.18. The molecule has 0 fully saturated rings. The number of aromatic amines is 1. The Morgan fingerprint density at radius 3 is 2.80 bits per heavy atom. The zero-order valence-electron chi connectivity index (χ0n) is 15.1. The van der Waals surface area contributed by atoms with E-state index in [0.717, 1.165) is 17.7 Å². The molecule has 1 amide bonds. The average Bonchev–Trinajstić information content (AvgIpc) is 3.11. The smallest absolute Gasteiger partial charge is 0.258 e. The molecule has 0 bridgehead atoms. The van der Waals surface area contributed by atoms with Gasteiger partial charge >= 0.3 is 0 Å². The quantitative estimate of drug-likeness (QED) is 0.711. The maximum Gasteiger partial charge on any atom is 0.258 e. The van der Waals surface area contributed by atoms with Crippen LogP contribution in [-0.2, 0) is 4.79 Å². The minimum atomic E-state index is -0.271. The fraction of sp³-hybridized carbons (Fsp3) is 0.529. The number of ether oxygens (including phenoxy) is 1. The highest BCUT2D eigenvalue weighted by atomic mass is 32.2. The van der Waals surface area contributed by atoms with E-state index in [1.807, 2.05) is 24.5 Å². The Balaban J connectivity index is 1.91. The summed E-state index contributed by atoms with van der Waals surface area (Å²) in [5, 5.41) is 16.8. The number of aromatic nitrogens is 4. The van der Waals surface area contributed by atoms with Crippen molar-refractivity contribution < 1.29 is 9.53 Å². The van der Waals surface area contributed by atoms with Crippen molar-refractivity contribution in [1.29, 1.82) is 0 Å². The molecular formula is C17H25N5O2S. The number of nitrogens with zero attached hydrogens (tertiary/aromatic N) is 3. The second-order valence-electron chi connectivity index (χ2n) is 6.13. The fourth-order valence-electron chi connectivity index (χ4n) is 2.59. The molecule has 0 spiro atoms. The number of rotatable bonds is 9. The molecule has 2 aromatic rings. The summed E-state index contributed by atoms with van der Waals surface area (Å²) in [4.78, 5) is 12.2. The standard InChI is InChI=1S/C17H25N5O2S/c1-11(2)14-6-5-13(9-12(14)3)24-10-16(23)18-15(7-8-25-4)17-19-21-22-20-17/h5-6,9,11,15H,7-8,10H2,1-4H3,(H,18,23)(H,19,20,21,22). The van der Waals surface area contributed by atoms with Crippen LogP contribution in [0.2, 0.25) is 0 Å². The number of thioether (sulfide) groups is 1. The predicted molar refractivity (Wildman–Crippen MR) is 98.8 cm³/mol. The number of hydrogen-bond acceptors (Lipinski definition) is 6. The molecule has 0 aliphatic heterocycles. The van der Waals surface area contributed by atoms with Gasteiger partial charge in [-0.05, 0) is 54.5 Å². The lowest BCUT2D eigenvalue weighted by Crippen LogP contribution is -2.33. The molecule has 0 saturated heterocycles. The summed E-state index contributed by atoms with van der Waals surface area (Å²) in [6, 6.07) is 5.65. The lowest BCUT2D eigenvalue weighted by molar-refractivity contribution is -0.123. The van der Waals surface area contributed by atoms with Gasteiger partial charge in [0.25, 0.3) is 5.91 Å². The van der Waals surface area contributed by atoms with Crippen LogP contribution in [-0.4, -0.2) is 45.1 Å². The minimum absolute atomic E-state index is 0.0475. The van der Waals surface area contributed by atoms with Crippen molar-refractivity contribution in [2.45, 2.75) is 39.2 Å². The van der Waals surface area contributed by atoms with E-state index in [2.05, 4.69) is 46.7 Å². The van der Waals surface area contributed by atoms with Crippen molar-refractivity contribution in [2.24, 2.45) is 0 Å². The number of aryl methyl sites for hydroxylation is 1. The van der Waals surface area contributed by atoms with Crippen molar-refractivity contribution in [3.05, 3.63) is 35.2 Å². The van der Waals surface area contributed by atoms with Crippen LogP contribution in [0.25, 0.3) is 0 Å². The first-order valence-electron chi connectivity index (χ1n) is 8.26. The largest absolute Gasteiger partial charge is 0.484 e. The lowest BCUT2D eigenvalue weighted by Gasteiger charge is -2.16. The van der Waals surface area contributed by atoms with Crippen molar-refractivity contribution in [3.8, 4) is 5.75 Å². The van der Waals surface area contributed by atoms with Crippen molar-refractivity contribution in [3.63, 3.8) is 0 Å². The van der Waals surface area contributed by atoms with E-state index in [4.69, 9.17) is 4.74 Å². The fourth-order valence-corrected chi connectivity index (χ4v) is 3.06. The number of H-pyrrole nitrogens is 1. The summed E-state index contributed by atoms with van der Waals surface area (Å²) in [5.41, 5.74) is 2.45. The number of amides is 1. The van der Waals surface area contributed by atoms with Gasteiger partial charge < -0.3 is 10.1 Å². The Kier molecular flexibility index (Phi) is 7.24. The molecule has 1 unspecified atom stereocenters. The van der Waals surface area contributed by atoms with E-state index < -0.39 is 0 Å². The number of carbonyl (C=O) groups excluding carboxylic acids is 1. The van der Waals surface area contributed by atoms with E-state index >= 15 is 0 Å². The molecule has 136 valence electrons. The van der Waals surface area contributed by atoms with E-state index in [-0.39, 0.29) is 18.6 Å². The van der Waals surface area contributed by atoms with Gasteiger partial charge in [0, 0.05) is 0 Å². The molecule has 0 radical (unpaired) electrons. The molecule has 25 heavy (non-hydrogen) atoms. The third-order valence-corrected chi connectivity index (χ3v) is 4.50. The van der Waals surface area contributed by atoms with E-state index in [0.29, 0.717) is 17.5 Å². The topological polar surface area (TPSA) is 92.8 Å². The van der Waals surface area contributed by atoms with Crippen molar-refractivity contribution in [2.75, 3.05) is 18.6 Å². The van der Waals surface area contributed by atoms with Gasteiger partial charge in [-0.25, -0.2) is 0 Å². The third-order valence-electron chi connectivity index (χ3n) is 3.85. The molecule has 1 aromatic carbocycles. The Labute approximate surface area is 152 Å². The van der Waals surface area contributed by atoms with Gasteiger partial charge in [0.15, 0.2) is 12.4 Å². The summed E-state index contributed by atoms with van der Waals surface area (Å²) in [7, 11) is 0. The highest BCUT2D eigenvalue weighted by molar-refractivity contribution is 7.98. The Morgan fingerprint density at radius 1 is 1.40 bits per heavy atom. The molecule has 2 N–H and O–H groups in total. The Hall–Kier alpha value is -2.09. The Morgan fingerprint density at radius 2 is 2.20 bits per heavy atom. The molecule has 0 aliphatic rings. The first-order valence-corrected chi connectivity index (χ1v) is 9.65. The molecule has 8 heteroatoms. The van der Waals surface area contributed by atoms with Crippen LogP contribution in [0.5, 0.6) is 5.75 Å². The highest BCUT2D eigenvalue weighted by Crippen LogP contribution is 2.23. The molecular weight excluding hydrogens is 338 g/mol. The predicted octanol–water partition coefficient (Wildman–Crippen LogP) is 2.62. The van der Waals surface area contributed by atoms with Crippen LogP contribution in [0.15, 0.2) is 18.2 Å². The zero-order chi connectivity index (χ0) is 18.2. The maximum atomic E-state index is 12.2. The second kappa shape index (κ2) is 9.41. The molecule has 2 rings (SSSR count). The summed E-state index contributed by atoms with van der Waals surface area (Å²) in [5.74, 6) is 2.32. The maximum absolute atomic E-state index is 12.2. The summed E-state index contributed by atoms with van der Waals surface area (Å²) in [6.45, 7) is 6.32. The summed E-state index contributed by atoms with van der Waals surface area (Å²) < 4.78 is 5.62. The summed E-state index contributed by atoms with van der Waals surface area (Å²) in [6.07, 6.45) is 2.75. The number of hydrogen-bond donors (Lipinski definition) is 2. The molecule has 0 saturated carbocycles. The van der Waals surface area contributed by atoms with Gasteiger partial charge in [0.2, 0.25) is 0 Å². The van der Waals surface area contributed by atoms with E-state index in [1.165, 1.54) is 5.56 Å². The molecule has 0 aliphatic carbocycles. The molecule has 1 aromatic heterocycles. The molecule has 1 atom stereocenters. The van der Waals surface area contributed by atoms with Crippen LogP contribution < -0.4 is 10.1 Å². The second-order valence-corrected chi connectivity index (χ2v) is 7.12. The van der Waals surface area contributed by atoms with E-state index in [9.17, 15) is 4.79 Å². The van der Waals surface area contributed by atoms with Gasteiger partial charge in [0.1, 0.15) is 5.75 Å². The number of nitrogens with one attached hydrogen (secondary N) is 2. The first kappa shape index (κ1) is 19.2. The number of carbonyl (C=O) groups is 1. The SMILES string of the molecule is CSCCC(NC(=O)COc1ccc(C(C)C)c(C)c1)c1nn[nH]n1. The molecule has 7 nitrogen and oxygen atoms in total. The first-order chi connectivity index (χ1) is 12.0. The van der Waals surface area contributed by atoms with Gasteiger partial charge in [-0.3, -0.25) is 4.79 Å². The van der Waals surface area contributed by atoms with Gasteiger partial charge in [0.05, 0.1) is 6.04 Å². The average molecular weight is 363 g/mol. The van der Waals surface area contributed by atoms with Gasteiger partial charge in [-0.1, -0.05) is 25.1 Å². The van der Waals surface area contributed by atoms with Gasteiger partial charge in [-0.15, -0.1) is 10.2 Å². The van der Waals surface area contributed by atoms with Crippen LogP contribution >= 0.6 is 11.8 Å². The minimum Gasteiger partial charge on any atom is -0.484 e. The zero-order valence-corrected chi connectivity index (χ0v) is 15.9. The van der Waals surface area contributed by atoms with Crippen molar-refractivity contribution in [1.82, 2.24) is 25.9 Å². The van der Waals surface area contributed by atoms with Crippen LogP contribution in [0, 0.1) is 6.92 Å². The number of tetrazole rings is 1. The van der Waals surface area contributed by atoms with Crippen LogP contribution in [0.4, 0.5) is 0 Å². The monoisotopic (exact) mass is 363 g/mol. The van der Waals surface area contributed by atoms with Crippen LogP contribution in [0.1, 0.15) is 49.2 Å².